The number of aromatic nitrogens is 1. The summed E-state index contributed by atoms with van der Waals surface area (Å²) in [5.74, 6) is 2.41. The molecular weight excluding hydrogens is 534 g/mol. The van der Waals surface area contributed by atoms with Crippen LogP contribution in [0.25, 0.3) is 0 Å². The van der Waals surface area contributed by atoms with Crippen molar-refractivity contribution in [2.45, 2.75) is 48.8 Å². The molecule has 1 saturated heterocycles. The molecule has 1 spiro atoms. The molecule has 2 aliphatic heterocycles. The second kappa shape index (κ2) is 11.4. The number of likely N-dealkylation sites (N-methyl/N-ethyl adjacent to an activating group) is 1. The minimum atomic E-state index is -0.539. The van der Waals surface area contributed by atoms with Gasteiger partial charge < -0.3 is 24.4 Å². The first-order valence-corrected chi connectivity index (χ1v) is 15.0. The highest BCUT2D eigenvalue weighted by atomic mass is 35.5. The summed E-state index contributed by atoms with van der Waals surface area (Å²) in [7, 11) is 8.10. The van der Waals surface area contributed by atoms with Gasteiger partial charge in [-0.1, -0.05) is 48.0 Å². The number of hydrogen-bond acceptors (Lipinski definition) is 6. The summed E-state index contributed by atoms with van der Waals surface area (Å²) in [6, 6.07) is 18.9. The van der Waals surface area contributed by atoms with Crippen molar-refractivity contribution in [3.8, 4) is 11.5 Å². The lowest BCUT2D eigenvalue weighted by atomic mass is 9.53. The minimum Gasteiger partial charge on any atom is -0.493 e. The number of halogens is 1. The van der Waals surface area contributed by atoms with Gasteiger partial charge in [0.2, 0.25) is 0 Å². The molecule has 0 unspecified atom stereocenters. The van der Waals surface area contributed by atoms with Crippen LogP contribution in [0.4, 0.5) is 0 Å². The van der Waals surface area contributed by atoms with Gasteiger partial charge in [0.05, 0.1) is 7.11 Å². The summed E-state index contributed by atoms with van der Waals surface area (Å²) in [6.07, 6.45) is 8.44. The van der Waals surface area contributed by atoms with Gasteiger partial charge in [0, 0.05) is 45.8 Å². The van der Waals surface area contributed by atoms with E-state index in [1.807, 2.05) is 42.6 Å². The Bertz CT molecular complexity index is 1400. The van der Waals surface area contributed by atoms with E-state index in [4.69, 9.17) is 21.1 Å². The number of piperidine rings is 1. The zero-order valence-electron chi connectivity index (χ0n) is 24.3. The van der Waals surface area contributed by atoms with Crippen molar-refractivity contribution in [1.29, 1.82) is 0 Å². The molecule has 216 valence electrons. The number of hydrogen-bond donors (Lipinski definition) is 1. The molecule has 6 nitrogen and oxygen atoms in total. The summed E-state index contributed by atoms with van der Waals surface area (Å²) < 4.78 is 11.8. The number of likely N-dealkylation sites (tertiary alicyclic amines) is 1. The van der Waals surface area contributed by atoms with Crippen LogP contribution in [-0.4, -0.2) is 79.5 Å². The first kappa shape index (κ1) is 28.2. The van der Waals surface area contributed by atoms with Crippen molar-refractivity contribution in [2.24, 2.45) is 5.92 Å². The van der Waals surface area contributed by atoms with Crippen LogP contribution in [-0.2, 0) is 11.8 Å². The van der Waals surface area contributed by atoms with Crippen LogP contribution in [0.5, 0.6) is 11.5 Å². The second-order valence-electron chi connectivity index (χ2n) is 12.1. The van der Waals surface area contributed by atoms with Gasteiger partial charge in [-0.15, -0.1) is 0 Å². The van der Waals surface area contributed by atoms with Crippen molar-refractivity contribution in [2.75, 3.05) is 41.3 Å². The van der Waals surface area contributed by atoms with Gasteiger partial charge in [0.15, 0.2) is 11.5 Å². The maximum Gasteiger partial charge on any atom is 0.165 e. The average molecular weight is 574 g/mol. The predicted molar refractivity (Wildman–Crippen MR) is 163 cm³/mol. The molecule has 0 amide bonds. The number of methoxy groups -OCH3 is 1. The Morgan fingerprint density at radius 3 is 2.66 bits per heavy atom. The van der Waals surface area contributed by atoms with E-state index in [2.05, 4.69) is 66.3 Å². The van der Waals surface area contributed by atoms with E-state index in [1.165, 1.54) is 16.7 Å². The summed E-state index contributed by atoms with van der Waals surface area (Å²) in [6.45, 7) is 2.08. The molecule has 2 aliphatic carbocycles. The molecule has 6 atom stereocenters. The number of pyridine rings is 1. The van der Waals surface area contributed by atoms with E-state index in [0.29, 0.717) is 17.9 Å². The highest BCUT2D eigenvalue weighted by Gasteiger charge is 2.64. The van der Waals surface area contributed by atoms with E-state index in [1.54, 1.807) is 7.11 Å². The maximum absolute atomic E-state index is 10.6. The van der Waals surface area contributed by atoms with Crippen molar-refractivity contribution >= 4 is 11.6 Å². The third-order valence-corrected chi connectivity index (χ3v) is 9.79. The van der Waals surface area contributed by atoms with E-state index in [-0.39, 0.29) is 11.5 Å². The molecule has 3 aromatic rings. The zero-order chi connectivity index (χ0) is 28.7. The predicted octanol–water partition coefficient (Wildman–Crippen LogP) is 5.32. The zero-order valence-corrected chi connectivity index (χ0v) is 25.1. The largest absolute Gasteiger partial charge is 0.493 e. The Labute approximate surface area is 248 Å². The van der Waals surface area contributed by atoms with Crippen molar-refractivity contribution in [1.82, 2.24) is 14.8 Å². The number of aliphatic hydroxyl groups is 1. The number of benzene rings is 2. The quantitative estimate of drug-likeness (QED) is 0.403. The Balaban J connectivity index is 0.000000150. The molecule has 0 saturated carbocycles. The molecule has 7 heteroatoms. The first-order valence-electron chi connectivity index (χ1n) is 14.6. The van der Waals surface area contributed by atoms with E-state index >= 15 is 0 Å². The van der Waals surface area contributed by atoms with Crippen molar-refractivity contribution in [3.63, 3.8) is 0 Å². The van der Waals surface area contributed by atoms with Gasteiger partial charge in [0.25, 0.3) is 0 Å². The van der Waals surface area contributed by atoms with E-state index in [0.717, 1.165) is 54.6 Å². The maximum atomic E-state index is 10.6. The highest BCUT2D eigenvalue weighted by Crippen LogP contribution is 2.62. The molecule has 0 radical (unpaired) electrons. The standard InChI is InChI=1S/C18H21NO3.C16H19ClN2/c1-19-8-7-18-11-4-5-13(20)17(18)22-16-14(21-2)6-3-10(15(16)18)9-12(11)19;1-19(2)12-10-15(16-5-3-4-11-18-16)13-6-8-14(17)9-7-13/h3-6,11-13,17,20H,7-9H2,1-2H3;3-9,11,15H,10,12H2,1-2H3/t11-,12+,13-,17-,18-;15-/m01/s1. The van der Waals surface area contributed by atoms with Crippen LogP contribution in [0.2, 0.25) is 5.02 Å². The smallest absolute Gasteiger partial charge is 0.165 e. The van der Waals surface area contributed by atoms with Gasteiger partial charge in [0.1, 0.15) is 12.2 Å². The SMILES string of the molecule is CN(C)CC[C@H](c1ccc(Cl)cc1)c1ccccn1.COc1ccc2c3c1O[C@H]1[C@@H](O)C=C[C@H]4[C@@H](C2)N(C)CC[C@@]341. The van der Waals surface area contributed by atoms with Crippen molar-refractivity contribution in [3.05, 3.63) is 100 Å². The fourth-order valence-electron chi connectivity index (χ4n) is 7.54. The van der Waals surface area contributed by atoms with Crippen LogP contribution in [0.3, 0.4) is 0 Å². The molecule has 41 heavy (non-hydrogen) atoms. The van der Waals surface area contributed by atoms with Crippen LogP contribution in [0, 0.1) is 5.92 Å². The number of aliphatic hydroxyl groups excluding tert-OH is 1. The molecule has 4 aliphatic rings. The normalized spacial score (nSPS) is 27.9. The highest BCUT2D eigenvalue weighted by molar-refractivity contribution is 6.30. The fourth-order valence-corrected chi connectivity index (χ4v) is 7.66. The van der Waals surface area contributed by atoms with Crippen LogP contribution in [0.1, 0.15) is 41.1 Å². The average Bonchev–Trinajstić information content (AvgIpc) is 3.33. The molecule has 1 aromatic heterocycles. The lowest BCUT2D eigenvalue weighted by Gasteiger charge is -2.56. The third kappa shape index (κ3) is 4.95. The molecule has 1 fully saturated rings. The van der Waals surface area contributed by atoms with Gasteiger partial charge in [-0.25, -0.2) is 0 Å². The molecule has 7 rings (SSSR count). The third-order valence-electron chi connectivity index (χ3n) is 9.54. The van der Waals surface area contributed by atoms with Crippen LogP contribution in [0.15, 0.2) is 72.9 Å². The molecular formula is C34H40ClN3O3. The van der Waals surface area contributed by atoms with Crippen LogP contribution >= 0.6 is 11.6 Å². The van der Waals surface area contributed by atoms with Gasteiger partial charge in [-0.05, 0) is 95.0 Å². The summed E-state index contributed by atoms with van der Waals surface area (Å²) >= 11 is 5.97. The topological polar surface area (TPSA) is 58.1 Å². The van der Waals surface area contributed by atoms with E-state index < -0.39 is 6.10 Å². The molecule has 3 heterocycles. The van der Waals surface area contributed by atoms with E-state index in [9.17, 15) is 5.11 Å². The van der Waals surface area contributed by atoms with Crippen molar-refractivity contribution < 1.29 is 14.6 Å². The summed E-state index contributed by atoms with van der Waals surface area (Å²) in [5, 5.41) is 11.3. The first-order chi connectivity index (χ1) is 19.8. The Hall–Kier alpha value is -2.90. The summed E-state index contributed by atoms with van der Waals surface area (Å²) in [5.41, 5.74) is 4.99. The Morgan fingerprint density at radius 1 is 1.15 bits per heavy atom. The van der Waals surface area contributed by atoms with Gasteiger partial charge in [-0.3, -0.25) is 4.98 Å². The fraction of sp³-hybridized carbons (Fsp3) is 0.441. The lowest BCUT2D eigenvalue weighted by Crippen LogP contribution is -2.64. The Morgan fingerprint density at radius 2 is 1.95 bits per heavy atom. The second-order valence-corrected chi connectivity index (χ2v) is 12.5. The minimum absolute atomic E-state index is 0.0806. The van der Waals surface area contributed by atoms with Gasteiger partial charge >= 0.3 is 0 Å². The number of nitrogens with zero attached hydrogens (tertiary/aromatic N) is 3. The molecule has 2 aromatic carbocycles. The molecule has 2 bridgehead atoms. The van der Waals surface area contributed by atoms with Crippen LogP contribution < -0.4 is 9.47 Å². The number of ether oxygens (including phenoxy) is 2. The van der Waals surface area contributed by atoms with Gasteiger partial charge in [-0.2, -0.15) is 0 Å². The summed E-state index contributed by atoms with van der Waals surface area (Å²) in [4.78, 5) is 9.18. The lowest BCUT2D eigenvalue weighted by molar-refractivity contribution is -0.0453. The molecule has 1 N–H and O–H groups in total. The Kier molecular flexibility index (Phi) is 7.86. The number of rotatable bonds is 6. The monoisotopic (exact) mass is 573 g/mol.